The van der Waals surface area contributed by atoms with Crippen LogP contribution in [0.15, 0.2) is 36.5 Å². The van der Waals surface area contributed by atoms with Crippen LogP contribution in [0, 0.1) is 0 Å². The molecule has 1 aromatic carbocycles. The largest absolute Gasteiger partial charge is 0.467 e. The number of rotatable bonds is 12. The van der Waals surface area contributed by atoms with Crippen LogP contribution in [0.25, 0.3) is 0 Å². The van der Waals surface area contributed by atoms with Crippen LogP contribution in [0.4, 0.5) is 9.59 Å². The predicted octanol–water partition coefficient (Wildman–Crippen LogP) is 1.27. The number of fused-ring (bicyclic) bond motifs is 1. The number of carbonyl (C=O) groups excluding carboxylic acids is 5. The molecule has 43 heavy (non-hydrogen) atoms. The molecule has 1 aromatic heterocycles. The molecule has 3 rings (SSSR count). The van der Waals surface area contributed by atoms with E-state index in [2.05, 4.69) is 26.3 Å². The van der Waals surface area contributed by atoms with Crippen LogP contribution in [-0.4, -0.2) is 87.7 Å². The van der Waals surface area contributed by atoms with Crippen LogP contribution < -0.4 is 16.0 Å². The number of hydrogen-bond donors (Lipinski definition) is 3. The van der Waals surface area contributed by atoms with Crippen molar-refractivity contribution in [3.63, 3.8) is 0 Å². The summed E-state index contributed by atoms with van der Waals surface area (Å²) < 4.78 is 16.8. The summed E-state index contributed by atoms with van der Waals surface area (Å²) in [5, 5.41) is 15.6. The molecule has 2 atom stereocenters. The number of carbonyl (C=O) groups is 5. The van der Waals surface area contributed by atoms with Gasteiger partial charge in [0.2, 0.25) is 11.8 Å². The highest BCUT2D eigenvalue weighted by molar-refractivity contribution is 5.91. The second-order valence-corrected chi connectivity index (χ2v) is 10.9. The summed E-state index contributed by atoms with van der Waals surface area (Å²) in [6, 6.07) is 7.25. The fraction of sp³-hybridized carbons (Fsp3) is 0.536. The Morgan fingerprint density at radius 1 is 1.09 bits per heavy atom. The minimum Gasteiger partial charge on any atom is -0.467 e. The van der Waals surface area contributed by atoms with E-state index in [0.717, 1.165) is 5.56 Å². The second kappa shape index (κ2) is 15.5. The number of nitrogens with zero attached hydrogens (tertiary/aromatic N) is 4. The van der Waals surface area contributed by atoms with Gasteiger partial charge in [-0.25, -0.2) is 19.1 Å². The summed E-state index contributed by atoms with van der Waals surface area (Å²) in [6.07, 6.45) is 1.37. The third-order valence-corrected chi connectivity index (χ3v) is 6.26. The number of methoxy groups -OCH3 is 1. The molecule has 3 N–H and O–H groups in total. The lowest BCUT2D eigenvalue weighted by Gasteiger charge is -2.26. The molecule has 0 saturated heterocycles. The van der Waals surface area contributed by atoms with Crippen molar-refractivity contribution >= 4 is 30.0 Å². The predicted molar refractivity (Wildman–Crippen MR) is 151 cm³/mol. The molecule has 0 saturated carbocycles. The van der Waals surface area contributed by atoms with Crippen molar-refractivity contribution < 1.29 is 38.2 Å². The molecule has 15 nitrogen and oxygen atoms in total. The van der Waals surface area contributed by atoms with Gasteiger partial charge < -0.3 is 35.1 Å². The van der Waals surface area contributed by atoms with Crippen LogP contribution in [0.1, 0.15) is 51.3 Å². The van der Waals surface area contributed by atoms with Gasteiger partial charge in [0.25, 0.3) is 0 Å². The quantitative estimate of drug-likeness (QED) is 0.182. The third kappa shape index (κ3) is 10.9. The van der Waals surface area contributed by atoms with E-state index < -0.39 is 54.2 Å². The van der Waals surface area contributed by atoms with E-state index in [4.69, 9.17) is 14.2 Å². The molecular weight excluding hydrogens is 562 g/mol. The molecule has 4 amide bonds. The van der Waals surface area contributed by atoms with E-state index in [1.807, 2.05) is 30.3 Å². The summed E-state index contributed by atoms with van der Waals surface area (Å²) >= 11 is 0. The maximum Gasteiger partial charge on any atom is 0.408 e. The smallest absolute Gasteiger partial charge is 0.408 e. The highest BCUT2D eigenvalue weighted by Crippen LogP contribution is 2.14. The first-order valence-electron chi connectivity index (χ1n) is 13.9. The molecular formula is C28H39N7O8. The second-order valence-electron chi connectivity index (χ2n) is 10.9. The van der Waals surface area contributed by atoms with E-state index in [1.54, 1.807) is 20.8 Å². The Balaban J connectivity index is 1.50. The highest BCUT2D eigenvalue weighted by Gasteiger charge is 2.34. The Morgan fingerprint density at radius 3 is 2.53 bits per heavy atom. The normalized spacial score (nSPS) is 15.4. The maximum absolute atomic E-state index is 13.3. The molecule has 2 aromatic rings. The fourth-order valence-electron chi connectivity index (χ4n) is 4.23. The van der Waals surface area contributed by atoms with Crippen molar-refractivity contribution in [3.8, 4) is 0 Å². The molecule has 0 aliphatic carbocycles. The molecule has 15 heteroatoms. The number of benzene rings is 1. The van der Waals surface area contributed by atoms with Crippen molar-refractivity contribution in [3.05, 3.63) is 47.8 Å². The standard InChI is InChI=1S/C28H39N7O8/c1-28(2,3)43-27(40)32-22-16-35-20(14-30-33-35)15-34(24(22)37)17-23(36)31-21(25(38)41-4)12-8-9-13-29-26(39)42-18-19-10-6-5-7-11-19/h5-7,10-11,14,21-22H,8-9,12-13,15-18H2,1-4H3,(H,29,39)(H,31,36)(H,32,40)/t21-,22?/m0/s1. The van der Waals surface area contributed by atoms with Gasteiger partial charge in [0.15, 0.2) is 0 Å². The topological polar surface area (TPSA) is 183 Å². The minimum absolute atomic E-state index is 0.00411. The van der Waals surface area contributed by atoms with Gasteiger partial charge in [-0.3, -0.25) is 9.59 Å². The van der Waals surface area contributed by atoms with E-state index >= 15 is 0 Å². The van der Waals surface area contributed by atoms with Gasteiger partial charge in [0.1, 0.15) is 30.8 Å². The van der Waals surface area contributed by atoms with Crippen LogP contribution in [-0.2, 0) is 48.3 Å². The summed E-state index contributed by atoms with van der Waals surface area (Å²) in [4.78, 5) is 64.3. The highest BCUT2D eigenvalue weighted by atomic mass is 16.6. The number of hydrogen-bond acceptors (Lipinski definition) is 10. The fourth-order valence-corrected chi connectivity index (χ4v) is 4.23. The number of alkyl carbamates (subject to hydrolysis) is 2. The van der Waals surface area contributed by atoms with E-state index in [-0.39, 0.29) is 26.1 Å². The van der Waals surface area contributed by atoms with Crippen LogP contribution in [0.3, 0.4) is 0 Å². The summed E-state index contributed by atoms with van der Waals surface area (Å²) in [5.41, 5.74) is 0.655. The Labute approximate surface area is 249 Å². The molecule has 1 unspecified atom stereocenters. The summed E-state index contributed by atoms with van der Waals surface area (Å²) in [5.74, 6) is -1.76. The molecule has 1 aliphatic rings. The molecule has 234 valence electrons. The minimum atomic E-state index is -1.06. The first-order valence-corrected chi connectivity index (χ1v) is 13.9. The van der Waals surface area contributed by atoms with E-state index in [0.29, 0.717) is 25.1 Å². The third-order valence-electron chi connectivity index (χ3n) is 6.26. The van der Waals surface area contributed by atoms with Gasteiger partial charge in [0, 0.05) is 6.54 Å². The summed E-state index contributed by atoms with van der Waals surface area (Å²) in [7, 11) is 1.21. The number of nitrogens with one attached hydrogen (secondary N) is 3. The summed E-state index contributed by atoms with van der Waals surface area (Å²) in [6.45, 7) is 5.18. The van der Waals surface area contributed by atoms with Crippen LogP contribution >= 0.6 is 0 Å². The zero-order chi connectivity index (χ0) is 31.4. The number of ether oxygens (including phenoxy) is 3. The molecule has 0 bridgehead atoms. The number of aromatic nitrogens is 3. The SMILES string of the molecule is COC(=O)[C@H](CCCCNC(=O)OCc1ccccc1)NC(=O)CN1Cc2cnnn2CC(NC(=O)OC(C)(C)C)C1=O. The monoisotopic (exact) mass is 601 g/mol. The van der Waals surface area contributed by atoms with E-state index in [1.165, 1.54) is 22.9 Å². The average molecular weight is 602 g/mol. The number of amides is 4. The Kier molecular flexibility index (Phi) is 11.8. The molecule has 1 aliphatic heterocycles. The van der Waals surface area contributed by atoms with Crippen molar-refractivity contribution in [1.29, 1.82) is 0 Å². The lowest BCUT2D eigenvalue weighted by molar-refractivity contribution is -0.146. The van der Waals surface area contributed by atoms with E-state index in [9.17, 15) is 24.0 Å². The molecule has 0 spiro atoms. The lowest BCUT2D eigenvalue weighted by Crippen LogP contribution is -2.52. The van der Waals surface area contributed by atoms with Gasteiger partial charge in [-0.05, 0) is 45.6 Å². The van der Waals surface area contributed by atoms with Crippen molar-refractivity contribution in [1.82, 2.24) is 35.8 Å². The molecule has 0 fully saturated rings. The Hall–Kier alpha value is -4.69. The first-order chi connectivity index (χ1) is 20.4. The van der Waals surface area contributed by atoms with Crippen molar-refractivity contribution in [2.45, 2.75) is 77.4 Å². The zero-order valence-electron chi connectivity index (χ0n) is 24.8. The first kappa shape index (κ1) is 32.8. The van der Waals surface area contributed by atoms with Gasteiger partial charge in [-0.1, -0.05) is 35.5 Å². The maximum atomic E-state index is 13.3. The zero-order valence-corrected chi connectivity index (χ0v) is 24.8. The molecule has 0 radical (unpaired) electrons. The number of esters is 1. The molecule has 2 heterocycles. The van der Waals surface area contributed by atoms with Gasteiger partial charge in [-0.15, -0.1) is 5.10 Å². The number of unbranched alkanes of at least 4 members (excludes halogenated alkanes) is 1. The van der Waals surface area contributed by atoms with Crippen molar-refractivity contribution in [2.75, 3.05) is 20.2 Å². The van der Waals surface area contributed by atoms with Gasteiger partial charge >= 0.3 is 18.2 Å². The van der Waals surface area contributed by atoms with Crippen LogP contribution in [0.5, 0.6) is 0 Å². The Morgan fingerprint density at radius 2 is 1.84 bits per heavy atom. The Bertz CT molecular complexity index is 1260. The van der Waals surface area contributed by atoms with Crippen LogP contribution in [0.2, 0.25) is 0 Å². The van der Waals surface area contributed by atoms with Gasteiger partial charge in [-0.2, -0.15) is 0 Å². The lowest BCUT2D eigenvalue weighted by atomic mass is 10.1. The van der Waals surface area contributed by atoms with Gasteiger partial charge in [0.05, 0.1) is 32.1 Å². The average Bonchev–Trinajstić information content (AvgIpc) is 3.35. The van der Waals surface area contributed by atoms with Crippen molar-refractivity contribution in [2.24, 2.45) is 0 Å².